The summed E-state index contributed by atoms with van der Waals surface area (Å²) < 4.78 is 0. The maximum absolute atomic E-state index is 5.79. The third kappa shape index (κ3) is 3.35. The number of hydrogen-bond donors (Lipinski definition) is 1. The lowest BCUT2D eigenvalue weighted by atomic mass is 10.1. The quantitative estimate of drug-likeness (QED) is 0.751. The summed E-state index contributed by atoms with van der Waals surface area (Å²) in [7, 11) is 3.96. The minimum atomic E-state index is 0.312. The molecule has 0 spiro atoms. The topological polar surface area (TPSA) is 15.3 Å². The summed E-state index contributed by atoms with van der Waals surface area (Å²) in [5.74, 6) is 0. The first kappa shape index (κ1) is 10.5. The van der Waals surface area contributed by atoms with Gasteiger partial charge in [0.05, 0.1) is 0 Å². The molecule has 1 N–H and O–H groups in total. The molecule has 0 fully saturated rings. The Kier molecular flexibility index (Phi) is 3.72. The highest BCUT2D eigenvalue weighted by atomic mass is 35.5. The van der Waals surface area contributed by atoms with E-state index in [4.69, 9.17) is 11.6 Å². The maximum atomic E-state index is 5.79. The predicted octanol–water partition coefficient (Wildman–Crippen LogP) is 2.47. The zero-order valence-electron chi connectivity index (χ0n) is 8.21. The van der Waals surface area contributed by atoms with Gasteiger partial charge in [-0.15, -0.1) is 0 Å². The number of nitrogens with one attached hydrogen (secondary N) is 1. The Bertz CT molecular complexity index is 256. The number of nitrogens with zero attached hydrogens (tertiary/aromatic N) is 1. The van der Waals surface area contributed by atoms with Gasteiger partial charge in [-0.05, 0) is 24.6 Å². The van der Waals surface area contributed by atoms with E-state index in [2.05, 4.69) is 12.3 Å². The largest absolute Gasteiger partial charge is 0.250 e. The smallest absolute Gasteiger partial charge is 0.0436 e. The van der Waals surface area contributed by atoms with E-state index in [1.54, 1.807) is 0 Å². The molecule has 0 aliphatic carbocycles. The molecule has 0 saturated carbocycles. The van der Waals surface area contributed by atoms with Gasteiger partial charge in [-0.3, -0.25) is 5.01 Å². The molecule has 0 aliphatic heterocycles. The fraction of sp³-hybridized carbons (Fsp3) is 0.400. The second-order valence-electron chi connectivity index (χ2n) is 3.30. The van der Waals surface area contributed by atoms with Crippen LogP contribution in [-0.4, -0.2) is 19.1 Å². The molecule has 0 amide bonds. The van der Waals surface area contributed by atoms with Crippen LogP contribution < -0.4 is 5.43 Å². The Morgan fingerprint density at radius 3 is 2.23 bits per heavy atom. The molecule has 1 unspecified atom stereocenters. The minimum Gasteiger partial charge on any atom is -0.250 e. The highest BCUT2D eigenvalue weighted by molar-refractivity contribution is 6.30. The van der Waals surface area contributed by atoms with Gasteiger partial charge in [0.25, 0.3) is 0 Å². The molecule has 0 radical (unpaired) electrons. The number of rotatable bonds is 3. The van der Waals surface area contributed by atoms with Crippen molar-refractivity contribution in [2.45, 2.75) is 13.0 Å². The van der Waals surface area contributed by atoms with Crippen molar-refractivity contribution in [3.05, 3.63) is 34.9 Å². The second-order valence-corrected chi connectivity index (χ2v) is 3.73. The van der Waals surface area contributed by atoms with Crippen LogP contribution in [0.25, 0.3) is 0 Å². The van der Waals surface area contributed by atoms with Crippen LogP contribution in [0.1, 0.15) is 18.5 Å². The van der Waals surface area contributed by atoms with Crippen LogP contribution in [0.3, 0.4) is 0 Å². The lowest BCUT2D eigenvalue weighted by Crippen LogP contribution is -2.32. The molecule has 1 atom stereocenters. The average molecular weight is 199 g/mol. The highest BCUT2D eigenvalue weighted by Gasteiger charge is 2.04. The van der Waals surface area contributed by atoms with Gasteiger partial charge in [-0.1, -0.05) is 23.7 Å². The van der Waals surface area contributed by atoms with Crippen molar-refractivity contribution in [2.75, 3.05) is 14.1 Å². The summed E-state index contributed by atoms with van der Waals surface area (Å²) in [4.78, 5) is 0. The van der Waals surface area contributed by atoms with Crippen molar-refractivity contribution < 1.29 is 0 Å². The molecule has 0 heterocycles. The first-order chi connectivity index (χ1) is 6.09. The van der Waals surface area contributed by atoms with Gasteiger partial charge in [0.2, 0.25) is 0 Å². The summed E-state index contributed by atoms with van der Waals surface area (Å²) in [6, 6.07) is 8.19. The van der Waals surface area contributed by atoms with E-state index in [9.17, 15) is 0 Å². The van der Waals surface area contributed by atoms with Gasteiger partial charge in [-0.25, -0.2) is 5.43 Å². The van der Waals surface area contributed by atoms with E-state index in [1.165, 1.54) is 5.56 Å². The molecule has 2 nitrogen and oxygen atoms in total. The van der Waals surface area contributed by atoms with Crippen molar-refractivity contribution in [3.8, 4) is 0 Å². The Morgan fingerprint density at radius 1 is 1.23 bits per heavy atom. The summed E-state index contributed by atoms with van der Waals surface area (Å²) >= 11 is 5.79. The first-order valence-corrected chi connectivity index (χ1v) is 4.66. The zero-order chi connectivity index (χ0) is 9.84. The fourth-order valence-corrected chi connectivity index (χ4v) is 1.34. The van der Waals surface area contributed by atoms with Gasteiger partial charge < -0.3 is 0 Å². The van der Waals surface area contributed by atoms with E-state index < -0.39 is 0 Å². The van der Waals surface area contributed by atoms with Gasteiger partial charge in [0.15, 0.2) is 0 Å². The van der Waals surface area contributed by atoms with E-state index in [-0.39, 0.29) is 0 Å². The van der Waals surface area contributed by atoms with Gasteiger partial charge >= 0.3 is 0 Å². The van der Waals surface area contributed by atoms with Crippen LogP contribution in [0.15, 0.2) is 24.3 Å². The van der Waals surface area contributed by atoms with E-state index >= 15 is 0 Å². The van der Waals surface area contributed by atoms with Crippen LogP contribution >= 0.6 is 11.6 Å². The van der Waals surface area contributed by atoms with Gasteiger partial charge in [0.1, 0.15) is 0 Å². The number of hydrogen-bond acceptors (Lipinski definition) is 2. The molecule has 0 bridgehead atoms. The summed E-state index contributed by atoms with van der Waals surface area (Å²) in [5, 5.41) is 2.72. The molecule has 1 rings (SSSR count). The number of benzene rings is 1. The Balaban J connectivity index is 2.66. The molecule has 1 aromatic carbocycles. The molecule has 3 heteroatoms. The van der Waals surface area contributed by atoms with E-state index in [1.807, 2.05) is 43.4 Å². The number of hydrazine groups is 1. The van der Waals surface area contributed by atoms with Crippen molar-refractivity contribution in [1.82, 2.24) is 10.4 Å². The standard InChI is InChI=1S/C10H15ClN2/c1-8(12-13(2)3)9-4-6-10(11)7-5-9/h4-8,12H,1-3H3. The van der Waals surface area contributed by atoms with Crippen LogP contribution in [-0.2, 0) is 0 Å². The van der Waals surface area contributed by atoms with Crippen molar-refractivity contribution >= 4 is 11.6 Å². The lowest BCUT2D eigenvalue weighted by Gasteiger charge is -2.19. The monoisotopic (exact) mass is 198 g/mol. The summed E-state index contributed by atoms with van der Waals surface area (Å²) in [5.41, 5.74) is 4.50. The van der Waals surface area contributed by atoms with E-state index in [0.717, 1.165) is 5.02 Å². The molecule has 13 heavy (non-hydrogen) atoms. The number of halogens is 1. The highest BCUT2D eigenvalue weighted by Crippen LogP contribution is 2.15. The SMILES string of the molecule is CC(NN(C)C)c1ccc(Cl)cc1. The molecular weight excluding hydrogens is 184 g/mol. The van der Waals surface area contributed by atoms with Crippen molar-refractivity contribution in [3.63, 3.8) is 0 Å². The maximum Gasteiger partial charge on any atom is 0.0436 e. The minimum absolute atomic E-state index is 0.312. The molecule has 1 aromatic rings. The normalized spacial score (nSPS) is 13.3. The van der Waals surface area contributed by atoms with Crippen molar-refractivity contribution in [1.29, 1.82) is 0 Å². The Labute approximate surface area is 84.5 Å². The molecule has 72 valence electrons. The molecule has 0 saturated heterocycles. The molecule has 0 aromatic heterocycles. The van der Waals surface area contributed by atoms with Crippen LogP contribution in [0.4, 0.5) is 0 Å². The predicted molar refractivity (Wildman–Crippen MR) is 56.7 cm³/mol. The summed E-state index contributed by atoms with van der Waals surface area (Å²) in [6.45, 7) is 2.11. The molecule has 0 aliphatic rings. The second kappa shape index (κ2) is 4.61. The lowest BCUT2D eigenvalue weighted by molar-refractivity contribution is 0.252. The van der Waals surface area contributed by atoms with Crippen molar-refractivity contribution in [2.24, 2.45) is 0 Å². The Hall–Kier alpha value is -0.570. The van der Waals surface area contributed by atoms with E-state index in [0.29, 0.717) is 6.04 Å². The zero-order valence-corrected chi connectivity index (χ0v) is 8.97. The van der Waals surface area contributed by atoms with Gasteiger partial charge in [0, 0.05) is 25.2 Å². The fourth-order valence-electron chi connectivity index (χ4n) is 1.21. The third-order valence-corrected chi connectivity index (χ3v) is 2.07. The first-order valence-electron chi connectivity index (χ1n) is 4.28. The third-order valence-electron chi connectivity index (χ3n) is 1.82. The van der Waals surface area contributed by atoms with Crippen LogP contribution in [0.5, 0.6) is 0 Å². The van der Waals surface area contributed by atoms with Gasteiger partial charge in [-0.2, -0.15) is 0 Å². The van der Waals surface area contributed by atoms with Crippen LogP contribution in [0.2, 0.25) is 5.02 Å². The van der Waals surface area contributed by atoms with Crippen LogP contribution in [0, 0.1) is 0 Å². The summed E-state index contributed by atoms with van der Waals surface area (Å²) in [6.07, 6.45) is 0. The molecular formula is C10H15ClN2. The average Bonchev–Trinajstić information content (AvgIpc) is 2.04. The Morgan fingerprint density at radius 2 is 1.77 bits per heavy atom.